The van der Waals surface area contributed by atoms with Gasteiger partial charge in [-0.25, -0.2) is 4.98 Å². The highest BCUT2D eigenvalue weighted by atomic mass is 16.1. The first kappa shape index (κ1) is 19.6. The Bertz CT molecular complexity index is 847. The number of pyridine rings is 1. The lowest BCUT2D eigenvalue weighted by Crippen LogP contribution is -2.29. The number of benzene rings is 1. The second-order valence-electron chi connectivity index (χ2n) is 8.42. The maximum Gasteiger partial charge on any atom is 0.252 e. The molecule has 1 amide bonds. The Kier molecular flexibility index (Phi) is 5.88. The summed E-state index contributed by atoms with van der Waals surface area (Å²) in [7, 11) is 0. The van der Waals surface area contributed by atoms with Crippen molar-refractivity contribution in [3.8, 4) is 0 Å². The molecule has 1 saturated heterocycles. The molecule has 1 unspecified atom stereocenters. The fraction of sp³-hybridized carbons (Fsp3) is 0.478. The molecule has 2 aliphatic rings. The van der Waals surface area contributed by atoms with Gasteiger partial charge in [0.15, 0.2) is 0 Å². The number of nitrogens with zero attached hydrogens (tertiary/aromatic N) is 2. The first-order valence-electron chi connectivity index (χ1n) is 10.8. The predicted octanol–water partition coefficient (Wildman–Crippen LogP) is 4.51. The third kappa shape index (κ3) is 4.81. The van der Waals surface area contributed by atoms with Crippen molar-refractivity contribution in [2.45, 2.75) is 51.5 Å². The number of aromatic nitrogens is 1. The summed E-state index contributed by atoms with van der Waals surface area (Å²) in [5.41, 5.74) is 8.20. The van der Waals surface area contributed by atoms with E-state index in [9.17, 15) is 4.79 Å². The molecule has 154 valence electrons. The number of primary amides is 1. The molecule has 0 spiro atoms. The van der Waals surface area contributed by atoms with Gasteiger partial charge in [-0.1, -0.05) is 6.92 Å². The third-order valence-corrected chi connectivity index (χ3v) is 6.13. The topological polar surface area (TPSA) is 83.3 Å². The van der Waals surface area contributed by atoms with Gasteiger partial charge in [0, 0.05) is 30.5 Å². The van der Waals surface area contributed by atoms with Crippen LogP contribution in [0.15, 0.2) is 36.4 Å². The fourth-order valence-corrected chi connectivity index (χ4v) is 4.01. The maximum absolute atomic E-state index is 11.7. The van der Waals surface area contributed by atoms with Crippen LogP contribution in [0.25, 0.3) is 0 Å². The molecule has 1 aromatic heterocycles. The van der Waals surface area contributed by atoms with Gasteiger partial charge in [-0.15, -0.1) is 0 Å². The quantitative estimate of drug-likeness (QED) is 0.672. The predicted molar refractivity (Wildman–Crippen MR) is 119 cm³/mol. The van der Waals surface area contributed by atoms with Crippen LogP contribution in [0.4, 0.5) is 23.0 Å². The molecule has 1 aromatic carbocycles. The van der Waals surface area contributed by atoms with E-state index in [1.165, 1.54) is 31.4 Å². The molecular weight excluding hydrogens is 362 g/mol. The van der Waals surface area contributed by atoms with Gasteiger partial charge in [0.05, 0.1) is 5.56 Å². The van der Waals surface area contributed by atoms with Gasteiger partial charge in [0.1, 0.15) is 11.6 Å². The summed E-state index contributed by atoms with van der Waals surface area (Å²) in [6, 6.07) is 12.4. The molecule has 0 bridgehead atoms. The Labute approximate surface area is 172 Å². The summed E-state index contributed by atoms with van der Waals surface area (Å²) < 4.78 is 0. The van der Waals surface area contributed by atoms with E-state index in [1.807, 2.05) is 0 Å². The van der Waals surface area contributed by atoms with E-state index in [2.05, 4.69) is 51.7 Å². The minimum atomic E-state index is -0.456. The van der Waals surface area contributed by atoms with Crippen LogP contribution in [0.1, 0.15) is 55.8 Å². The molecule has 1 aliphatic carbocycles. The smallest absolute Gasteiger partial charge is 0.252 e. The van der Waals surface area contributed by atoms with Crippen LogP contribution < -0.4 is 21.3 Å². The Hall–Kier alpha value is -2.76. The SMILES string of the molecule is CC1CCCN(c2ccc(Nc3ccc(C(N)=O)c(NC4CCC4)n3)cc2)CC1. The number of carbonyl (C=O) groups is 1. The zero-order valence-electron chi connectivity index (χ0n) is 17.2. The summed E-state index contributed by atoms with van der Waals surface area (Å²) in [5, 5.41) is 6.70. The molecule has 2 fully saturated rings. The van der Waals surface area contributed by atoms with Gasteiger partial charge in [0.2, 0.25) is 0 Å². The normalized spacial score (nSPS) is 19.9. The molecule has 1 aliphatic heterocycles. The Morgan fingerprint density at radius 1 is 1.03 bits per heavy atom. The Morgan fingerprint density at radius 3 is 2.52 bits per heavy atom. The van der Waals surface area contributed by atoms with Gasteiger partial charge in [-0.3, -0.25) is 4.79 Å². The molecule has 6 heteroatoms. The molecule has 4 N–H and O–H groups in total. The molecule has 2 aromatic rings. The minimum Gasteiger partial charge on any atom is -0.372 e. The molecule has 0 radical (unpaired) electrons. The molecule has 6 nitrogen and oxygen atoms in total. The van der Waals surface area contributed by atoms with Crippen molar-refractivity contribution in [2.75, 3.05) is 28.6 Å². The highest BCUT2D eigenvalue weighted by molar-refractivity contribution is 5.98. The molecule has 29 heavy (non-hydrogen) atoms. The van der Waals surface area contributed by atoms with E-state index in [-0.39, 0.29) is 0 Å². The average molecular weight is 394 g/mol. The summed E-state index contributed by atoms with van der Waals surface area (Å²) in [5.74, 6) is 1.64. The maximum atomic E-state index is 11.7. The Morgan fingerprint density at radius 2 is 1.83 bits per heavy atom. The van der Waals surface area contributed by atoms with E-state index in [0.717, 1.165) is 37.5 Å². The molecular formula is C23H31N5O. The number of hydrogen-bond acceptors (Lipinski definition) is 5. The molecule has 1 atom stereocenters. The number of rotatable bonds is 6. The third-order valence-electron chi connectivity index (χ3n) is 6.13. The standard InChI is InChI=1S/C23H31N5O/c1-16-4-3-14-28(15-13-16)19-9-7-18(8-10-19)25-21-12-11-20(22(24)29)23(27-21)26-17-5-2-6-17/h7-12,16-17H,2-6,13-15H2,1H3,(H2,24,29)(H2,25,26,27). The van der Waals surface area contributed by atoms with Crippen LogP contribution in [0, 0.1) is 5.92 Å². The van der Waals surface area contributed by atoms with E-state index in [4.69, 9.17) is 5.73 Å². The highest BCUT2D eigenvalue weighted by Crippen LogP contribution is 2.27. The van der Waals surface area contributed by atoms with Gasteiger partial charge in [-0.2, -0.15) is 0 Å². The summed E-state index contributed by atoms with van der Waals surface area (Å²) in [6.07, 6.45) is 7.26. The van der Waals surface area contributed by atoms with Crippen LogP contribution in [-0.4, -0.2) is 30.0 Å². The van der Waals surface area contributed by atoms with Crippen LogP contribution in [0.3, 0.4) is 0 Å². The number of nitrogens with one attached hydrogen (secondary N) is 2. The number of nitrogens with two attached hydrogens (primary N) is 1. The summed E-state index contributed by atoms with van der Waals surface area (Å²) in [6.45, 7) is 4.60. The Balaban J connectivity index is 1.45. The van der Waals surface area contributed by atoms with E-state index < -0.39 is 5.91 Å². The molecule has 4 rings (SSSR count). The lowest BCUT2D eigenvalue weighted by Gasteiger charge is -2.27. The average Bonchev–Trinajstić information content (AvgIpc) is 2.90. The number of hydrogen-bond donors (Lipinski definition) is 3. The van der Waals surface area contributed by atoms with Crippen molar-refractivity contribution in [2.24, 2.45) is 11.7 Å². The lowest BCUT2D eigenvalue weighted by molar-refractivity contribution is 0.100. The zero-order valence-corrected chi connectivity index (χ0v) is 17.2. The number of amides is 1. The number of carbonyl (C=O) groups excluding carboxylic acids is 1. The largest absolute Gasteiger partial charge is 0.372 e. The monoisotopic (exact) mass is 393 g/mol. The summed E-state index contributed by atoms with van der Waals surface area (Å²) in [4.78, 5) is 18.8. The van der Waals surface area contributed by atoms with Crippen LogP contribution in [0.5, 0.6) is 0 Å². The van der Waals surface area contributed by atoms with Crippen molar-refractivity contribution < 1.29 is 4.79 Å². The van der Waals surface area contributed by atoms with E-state index in [1.54, 1.807) is 12.1 Å². The fourth-order valence-electron chi connectivity index (χ4n) is 4.01. The zero-order chi connectivity index (χ0) is 20.2. The van der Waals surface area contributed by atoms with Crippen LogP contribution in [0.2, 0.25) is 0 Å². The van der Waals surface area contributed by atoms with Crippen LogP contribution >= 0.6 is 0 Å². The van der Waals surface area contributed by atoms with Crippen molar-refractivity contribution in [3.63, 3.8) is 0 Å². The highest BCUT2D eigenvalue weighted by Gasteiger charge is 2.20. The van der Waals surface area contributed by atoms with Crippen molar-refractivity contribution >= 4 is 28.9 Å². The van der Waals surface area contributed by atoms with Crippen LogP contribution in [-0.2, 0) is 0 Å². The number of anilines is 4. The minimum absolute atomic E-state index is 0.381. The summed E-state index contributed by atoms with van der Waals surface area (Å²) >= 11 is 0. The second kappa shape index (κ2) is 8.72. The lowest BCUT2D eigenvalue weighted by atomic mass is 9.93. The second-order valence-corrected chi connectivity index (χ2v) is 8.42. The van der Waals surface area contributed by atoms with Gasteiger partial charge < -0.3 is 21.3 Å². The van der Waals surface area contributed by atoms with Crippen molar-refractivity contribution in [3.05, 3.63) is 42.0 Å². The van der Waals surface area contributed by atoms with Crippen molar-refractivity contribution in [1.29, 1.82) is 0 Å². The first-order valence-corrected chi connectivity index (χ1v) is 10.8. The van der Waals surface area contributed by atoms with Gasteiger partial charge in [0.25, 0.3) is 5.91 Å². The van der Waals surface area contributed by atoms with E-state index in [0.29, 0.717) is 23.2 Å². The van der Waals surface area contributed by atoms with E-state index >= 15 is 0 Å². The first-order chi connectivity index (χ1) is 14.1. The van der Waals surface area contributed by atoms with Crippen molar-refractivity contribution in [1.82, 2.24) is 4.98 Å². The molecule has 1 saturated carbocycles. The molecule has 2 heterocycles. The van der Waals surface area contributed by atoms with Gasteiger partial charge in [-0.05, 0) is 80.8 Å². The van der Waals surface area contributed by atoms with Gasteiger partial charge >= 0.3 is 0 Å².